The summed E-state index contributed by atoms with van der Waals surface area (Å²) >= 11 is 3.19. The quantitative estimate of drug-likeness (QED) is 0.641. The zero-order valence-electron chi connectivity index (χ0n) is 9.47. The summed E-state index contributed by atoms with van der Waals surface area (Å²) in [6.45, 7) is 0. The van der Waals surface area contributed by atoms with Crippen LogP contribution in [-0.4, -0.2) is 34.7 Å². The molecular formula is C12H15BrO4. The highest BCUT2D eigenvalue weighted by molar-refractivity contribution is 9.09. The molecule has 2 N–H and O–H groups in total. The number of carbonyl (C=O) groups is 1. The SMILES string of the molecule is COC(=O)c1cccc(C(O)C(O)CCBr)c1. The van der Waals surface area contributed by atoms with E-state index in [2.05, 4.69) is 20.7 Å². The van der Waals surface area contributed by atoms with Crippen LogP contribution in [0.2, 0.25) is 0 Å². The lowest BCUT2D eigenvalue weighted by atomic mass is 10.0. The molecule has 0 aliphatic carbocycles. The number of benzene rings is 1. The predicted octanol–water partition coefficient (Wildman–Crippen LogP) is 1.65. The molecule has 0 aromatic heterocycles. The number of alkyl halides is 1. The second-order valence-electron chi connectivity index (χ2n) is 3.61. The number of esters is 1. The Hall–Kier alpha value is -0.910. The maximum Gasteiger partial charge on any atom is 0.337 e. The highest BCUT2D eigenvalue weighted by Gasteiger charge is 2.18. The summed E-state index contributed by atoms with van der Waals surface area (Å²) in [4.78, 5) is 11.3. The minimum atomic E-state index is -1.00. The molecule has 94 valence electrons. The van der Waals surface area contributed by atoms with Crippen LogP contribution in [0.15, 0.2) is 24.3 Å². The lowest BCUT2D eigenvalue weighted by Crippen LogP contribution is -2.19. The van der Waals surface area contributed by atoms with Crippen LogP contribution in [0.3, 0.4) is 0 Å². The molecule has 2 unspecified atom stereocenters. The maximum atomic E-state index is 11.3. The lowest BCUT2D eigenvalue weighted by Gasteiger charge is -2.17. The summed E-state index contributed by atoms with van der Waals surface area (Å²) in [5.41, 5.74) is 0.858. The minimum absolute atomic E-state index is 0.357. The summed E-state index contributed by atoms with van der Waals surface area (Å²) in [6, 6.07) is 6.42. The number of hydrogen-bond donors (Lipinski definition) is 2. The Kier molecular flexibility index (Phi) is 5.61. The van der Waals surface area contributed by atoms with Crippen molar-refractivity contribution in [1.82, 2.24) is 0 Å². The Morgan fingerprint density at radius 1 is 1.47 bits per heavy atom. The van der Waals surface area contributed by atoms with Crippen molar-refractivity contribution in [2.45, 2.75) is 18.6 Å². The standard InChI is InChI=1S/C12H15BrO4/c1-17-12(16)9-4-2-3-8(7-9)11(15)10(14)5-6-13/h2-4,7,10-11,14-15H,5-6H2,1H3. The average Bonchev–Trinajstić information content (AvgIpc) is 2.37. The molecule has 1 aromatic rings. The highest BCUT2D eigenvalue weighted by Crippen LogP contribution is 2.20. The number of aliphatic hydroxyl groups excluding tert-OH is 2. The van der Waals surface area contributed by atoms with Gasteiger partial charge in [0.2, 0.25) is 0 Å². The number of halogens is 1. The fourth-order valence-electron chi connectivity index (χ4n) is 1.46. The number of aliphatic hydroxyl groups is 2. The Balaban J connectivity index is 2.87. The molecule has 17 heavy (non-hydrogen) atoms. The summed E-state index contributed by atoms with van der Waals surface area (Å²) < 4.78 is 4.59. The first kappa shape index (κ1) is 14.2. The van der Waals surface area contributed by atoms with E-state index < -0.39 is 18.2 Å². The third kappa shape index (κ3) is 3.80. The monoisotopic (exact) mass is 302 g/mol. The fourth-order valence-corrected chi connectivity index (χ4v) is 1.93. The Morgan fingerprint density at radius 3 is 2.76 bits per heavy atom. The molecule has 0 aliphatic heterocycles. The largest absolute Gasteiger partial charge is 0.465 e. The van der Waals surface area contributed by atoms with Crippen LogP contribution in [0.5, 0.6) is 0 Å². The normalized spacial score (nSPS) is 14.1. The van der Waals surface area contributed by atoms with Gasteiger partial charge in [-0.05, 0) is 24.1 Å². The lowest BCUT2D eigenvalue weighted by molar-refractivity contribution is 0.0172. The van der Waals surface area contributed by atoms with Crippen molar-refractivity contribution in [2.75, 3.05) is 12.4 Å². The third-order valence-electron chi connectivity index (χ3n) is 2.42. The van der Waals surface area contributed by atoms with Crippen molar-refractivity contribution in [3.63, 3.8) is 0 Å². The van der Waals surface area contributed by atoms with Crippen molar-refractivity contribution < 1.29 is 19.7 Å². The van der Waals surface area contributed by atoms with Crippen molar-refractivity contribution in [1.29, 1.82) is 0 Å². The molecule has 2 atom stereocenters. The molecule has 0 fully saturated rings. The van der Waals surface area contributed by atoms with E-state index in [1.54, 1.807) is 18.2 Å². The molecule has 1 rings (SSSR count). The van der Waals surface area contributed by atoms with Crippen molar-refractivity contribution in [2.24, 2.45) is 0 Å². The zero-order chi connectivity index (χ0) is 12.8. The zero-order valence-corrected chi connectivity index (χ0v) is 11.1. The maximum absolute atomic E-state index is 11.3. The molecule has 0 heterocycles. The first-order chi connectivity index (χ1) is 8.10. The van der Waals surface area contributed by atoms with Gasteiger partial charge in [-0.25, -0.2) is 4.79 Å². The van der Waals surface area contributed by atoms with Gasteiger partial charge < -0.3 is 14.9 Å². The van der Waals surface area contributed by atoms with Gasteiger partial charge in [-0.2, -0.15) is 0 Å². The molecule has 0 radical (unpaired) electrons. The average molecular weight is 303 g/mol. The van der Waals surface area contributed by atoms with Crippen molar-refractivity contribution >= 4 is 21.9 Å². The summed E-state index contributed by atoms with van der Waals surface area (Å²) in [6.07, 6.45) is -1.43. The van der Waals surface area contributed by atoms with E-state index in [0.29, 0.717) is 22.9 Å². The molecule has 0 bridgehead atoms. The second-order valence-corrected chi connectivity index (χ2v) is 4.40. The van der Waals surface area contributed by atoms with Crippen molar-refractivity contribution in [3.8, 4) is 0 Å². The van der Waals surface area contributed by atoms with Crippen LogP contribution >= 0.6 is 15.9 Å². The first-order valence-electron chi connectivity index (χ1n) is 5.20. The topological polar surface area (TPSA) is 66.8 Å². The van der Waals surface area contributed by atoms with Crippen LogP contribution < -0.4 is 0 Å². The van der Waals surface area contributed by atoms with Crippen LogP contribution in [0.25, 0.3) is 0 Å². The number of rotatable bonds is 5. The van der Waals surface area contributed by atoms with Gasteiger partial charge in [0.15, 0.2) is 0 Å². The van der Waals surface area contributed by atoms with Gasteiger partial charge in [-0.3, -0.25) is 0 Å². The smallest absolute Gasteiger partial charge is 0.337 e. The Labute approximate surface area is 108 Å². The van der Waals surface area contributed by atoms with Gasteiger partial charge in [0.05, 0.1) is 18.8 Å². The van der Waals surface area contributed by atoms with Gasteiger partial charge in [-0.15, -0.1) is 0 Å². The van der Waals surface area contributed by atoms with Gasteiger partial charge in [0, 0.05) is 5.33 Å². The van der Waals surface area contributed by atoms with E-state index in [-0.39, 0.29) is 0 Å². The molecule has 4 nitrogen and oxygen atoms in total. The third-order valence-corrected chi connectivity index (χ3v) is 2.88. The molecule has 5 heteroatoms. The van der Waals surface area contributed by atoms with E-state index in [9.17, 15) is 15.0 Å². The van der Waals surface area contributed by atoms with Gasteiger partial charge in [0.1, 0.15) is 6.10 Å². The minimum Gasteiger partial charge on any atom is -0.465 e. The molecule has 0 spiro atoms. The van der Waals surface area contributed by atoms with E-state index in [1.807, 2.05) is 0 Å². The molecular weight excluding hydrogens is 288 g/mol. The summed E-state index contributed by atoms with van der Waals surface area (Å²) in [5, 5.41) is 20.1. The van der Waals surface area contributed by atoms with E-state index in [4.69, 9.17) is 0 Å². The molecule has 0 amide bonds. The molecule has 0 aliphatic rings. The summed E-state index contributed by atoms with van der Waals surface area (Å²) in [7, 11) is 1.30. The van der Waals surface area contributed by atoms with Crippen molar-refractivity contribution in [3.05, 3.63) is 35.4 Å². The van der Waals surface area contributed by atoms with Gasteiger partial charge in [0.25, 0.3) is 0 Å². The number of hydrogen-bond acceptors (Lipinski definition) is 4. The van der Waals surface area contributed by atoms with Gasteiger partial charge in [-0.1, -0.05) is 28.1 Å². The predicted molar refractivity (Wildman–Crippen MR) is 67.2 cm³/mol. The highest BCUT2D eigenvalue weighted by atomic mass is 79.9. The second kappa shape index (κ2) is 6.74. The number of ether oxygens (including phenoxy) is 1. The molecule has 1 aromatic carbocycles. The fraction of sp³-hybridized carbons (Fsp3) is 0.417. The first-order valence-corrected chi connectivity index (χ1v) is 6.32. The summed E-state index contributed by atoms with van der Waals surface area (Å²) in [5.74, 6) is -0.464. The molecule has 0 saturated heterocycles. The van der Waals surface area contributed by atoms with Crippen LogP contribution in [0.1, 0.15) is 28.4 Å². The van der Waals surface area contributed by atoms with Gasteiger partial charge >= 0.3 is 5.97 Å². The Bertz CT molecular complexity index is 381. The van der Waals surface area contributed by atoms with E-state index in [0.717, 1.165) is 0 Å². The Morgan fingerprint density at radius 2 is 2.18 bits per heavy atom. The number of carbonyl (C=O) groups excluding carboxylic acids is 1. The van der Waals surface area contributed by atoms with E-state index >= 15 is 0 Å². The van der Waals surface area contributed by atoms with E-state index in [1.165, 1.54) is 13.2 Å². The number of methoxy groups -OCH3 is 1. The van der Waals surface area contributed by atoms with Crippen LogP contribution in [-0.2, 0) is 4.74 Å². The van der Waals surface area contributed by atoms with Crippen LogP contribution in [0.4, 0.5) is 0 Å². The van der Waals surface area contributed by atoms with Crippen LogP contribution in [0, 0.1) is 0 Å². The molecule has 0 saturated carbocycles.